The van der Waals surface area contributed by atoms with Gasteiger partial charge in [-0.2, -0.15) is 0 Å². The van der Waals surface area contributed by atoms with Crippen molar-refractivity contribution in [3.05, 3.63) is 95.2 Å². The van der Waals surface area contributed by atoms with Crippen LogP contribution in [-0.4, -0.2) is 136 Å². The maximum atomic E-state index is 13.6. The lowest BCUT2D eigenvalue weighted by atomic mass is 10.0. The summed E-state index contributed by atoms with van der Waals surface area (Å²) in [6, 6.07) is 12.5. The third kappa shape index (κ3) is 18.6. The summed E-state index contributed by atoms with van der Waals surface area (Å²) in [4.78, 5) is 129. The van der Waals surface area contributed by atoms with Crippen molar-refractivity contribution in [2.24, 2.45) is 22.4 Å². The molecule has 10 N–H and O–H groups in total. The number of alkyl carbamates (subject to hydrolysis) is 1. The van der Waals surface area contributed by atoms with E-state index in [4.69, 9.17) is 16.2 Å². The second kappa shape index (κ2) is 30.5. The van der Waals surface area contributed by atoms with E-state index < -0.39 is 36.0 Å². The minimum atomic E-state index is -1.05. The number of hydrogen-bond donors (Lipinski definition) is 8. The standard InChI is InChI=1S/C56H72IN13O10/c1-4-25-69(29-23-57)54(77)39-30-37-13-14-38(31-44(37)65-45(58)32-39)51(74)63-42-17-18-46(61-33-42)68-27-21-41(22-28-68)64-56(79)80-34-36-11-15-40(16-12-36)62-52(75)43(9-8-24-60-55(59)78)66-53(76)50(35(2)3)67-47(71)10-6-5-7-26-70-48(72)19-20-49(70)73/h11-20,30-31,33,35,41,43,50H,4-10,21-29,32,34H2,1-3H3,(H2,58,65)(H,62,75)(H,63,74)(H,64,79)(H,66,76)(H,67,71)(H3,59,60,78)/t43-,50-/m0/s1. The van der Waals surface area contributed by atoms with Crippen LogP contribution in [0.2, 0.25) is 0 Å². The van der Waals surface area contributed by atoms with Crippen molar-refractivity contribution in [1.29, 1.82) is 0 Å². The van der Waals surface area contributed by atoms with E-state index in [2.05, 4.69) is 69.4 Å². The molecule has 1 fully saturated rings. The SMILES string of the molecule is CCCN(CCI)C(=O)C1=Cc2ccc(C(=O)Nc3ccc(N4CCC(NC(=O)OCc5ccc(NC(=O)[C@H](CCCNC(N)=O)NC(=O)[C@@H](NC(=O)CCCCCN6C(=O)C=CC6=O)C(C)C)cc5)CC4)nc3)cc2N=C(N)C1. The summed E-state index contributed by atoms with van der Waals surface area (Å²) in [6.07, 6.45) is 9.73. The van der Waals surface area contributed by atoms with Gasteiger partial charge in [-0.1, -0.05) is 68.0 Å². The van der Waals surface area contributed by atoms with E-state index in [1.54, 1.807) is 74.7 Å². The molecule has 3 aliphatic heterocycles. The van der Waals surface area contributed by atoms with Gasteiger partial charge in [0.1, 0.15) is 30.3 Å². The monoisotopic (exact) mass is 1210 g/mol. The molecule has 0 unspecified atom stereocenters. The van der Waals surface area contributed by atoms with Crippen molar-refractivity contribution in [2.75, 3.05) is 59.2 Å². The molecule has 24 heteroatoms. The molecule has 4 heterocycles. The molecule has 2 atom stereocenters. The smallest absolute Gasteiger partial charge is 0.407 e. The highest BCUT2D eigenvalue weighted by atomic mass is 127. The quantitative estimate of drug-likeness (QED) is 0.0212. The number of aromatic nitrogens is 1. The van der Waals surface area contributed by atoms with Crippen LogP contribution < -0.4 is 48.3 Å². The van der Waals surface area contributed by atoms with Gasteiger partial charge >= 0.3 is 12.1 Å². The number of pyridine rings is 1. The Bertz CT molecular complexity index is 2790. The van der Waals surface area contributed by atoms with Crippen LogP contribution in [0.15, 0.2) is 83.5 Å². The van der Waals surface area contributed by atoms with Gasteiger partial charge in [0.15, 0.2) is 0 Å². The molecule has 0 bridgehead atoms. The number of urea groups is 1. The molecule has 23 nitrogen and oxygen atoms in total. The first-order valence-electron chi connectivity index (χ1n) is 27.0. The Kier molecular flexibility index (Phi) is 23.3. The maximum Gasteiger partial charge on any atom is 0.407 e. The molecular weight excluding hydrogens is 1140 g/mol. The molecule has 0 aliphatic carbocycles. The highest BCUT2D eigenvalue weighted by molar-refractivity contribution is 14.1. The molecule has 3 aliphatic rings. The Morgan fingerprint density at radius 1 is 0.863 bits per heavy atom. The summed E-state index contributed by atoms with van der Waals surface area (Å²) < 4.78 is 6.34. The van der Waals surface area contributed by atoms with Crippen molar-refractivity contribution in [3.8, 4) is 0 Å². The fourth-order valence-corrected chi connectivity index (χ4v) is 9.73. The molecule has 428 valence electrons. The number of ether oxygens (including phenoxy) is 1. The first-order valence-corrected chi connectivity index (χ1v) is 28.5. The summed E-state index contributed by atoms with van der Waals surface area (Å²) in [5, 5.41) is 16.6. The largest absolute Gasteiger partial charge is 0.445 e. The Labute approximate surface area is 479 Å². The minimum Gasteiger partial charge on any atom is -0.445 e. The zero-order valence-corrected chi connectivity index (χ0v) is 47.6. The average molecular weight is 1210 g/mol. The molecule has 80 heavy (non-hydrogen) atoms. The van der Waals surface area contributed by atoms with Gasteiger partial charge in [-0.15, -0.1) is 0 Å². The number of fused-ring (bicyclic) bond motifs is 1. The second-order valence-electron chi connectivity index (χ2n) is 20.0. The number of piperidine rings is 1. The number of halogens is 1. The van der Waals surface area contributed by atoms with E-state index in [0.717, 1.165) is 21.6 Å². The van der Waals surface area contributed by atoms with Crippen LogP contribution >= 0.6 is 22.6 Å². The summed E-state index contributed by atoms with van der Waals surface area (Å²) in [5.41, 5.74) is 15.2. The highest BCUT2D eigenvalue weighted by Crippen LogP contribution is 2.29. The molecule has 0 radical (unpaired) electrons. The number of amidine groups is 1. The number of primary amides is 1. The molecule has 1 aromatic heterocycles. The number of alkyl halides is 1. The van der Waals surface area contributed by atoms with Gasteiger partial charge in [-0.3, -0.25) is 38.5 Å². The number of hydrogen-bond acceptors (Lipinski definition) is 14. The van der Waals surface area contributed by atoms with Crippen LogP contribution in [0.5, 0.6) is 0 Å². The van der Waals surface area contributed by atoms with Crippen molar-refractivity contribution in [3.63, 3.8) is 0 Å². The number of carbonyl (C=O) groups excluding carboxylic acids is 9. The second-order valence-corrected chi connectivity index (χ2v) is 21.1. The zero-order chi connectivity index (χ0) is 57.7. The van der Waals surface area contributed by atoms with Gasteiger partial charge < -0.3 is 57.9 Å². The summed E-state index contributed by atoms with van der Waals surface area (Å²) in [5.74, 6) is -1.92. The third-order valence-electron chi connectivity index (χ3n) is 13.5. The molecule has 6 rings (SSSR count). The molecular formula is C56H72IN13O10. The maximum absolute atomic E-state index is 13.6. The van der Waals surface area contributed by atoms with Gasteiger partial charge in [-0.25, -0.2) is 19.6 Å². The van der Waals surface area contributed by atoms with Gasteiger partial charge in [0.25, 0.3) is 17.7 Å². The third-order valence-corrected chi connectivity index (χ3v) is 13.9. The van der Waals surface area contributed by atoms with E-state index in [0.29, 0.717) is 110 Å². The van der Waals surface area contributed by atoms with E-state index in [1.165, 1.54) is 12.2 Å². The number of unbranched alkanes of at least 4 members (excludes halogenated alkanes) is 2. The fraction of sp³-hybridized carbons (Fsp3) is 0.446. The van der Waals surface area contributed by atoms with E-state index in [-0.39, 0.29) is 80.5 Å². The van der Waals surface area contributed by atoms with E-state index >= 15 is 0 Å². The number of imide groups is 1. The number of amides is 10. The number of benzene rings is 2. The van der Waals surface area contributed by atoms with Crippen LogP contribution in [-0.2, 0) is 40.1 Å². The Balaban J connectivity index is 0.920. The normalized spacial score (nSPS) is 14.9. The molecule has 2 aromatic carbocycles. The Morgan fingerprint density at radius 3 is 2.25 bits per heavy atom. The lowest BCUT2D eigenvalue weighted by molar-refractivity contribution is -0.137. The van der Waals surface area contributed by atoms with E-state index in [9.17, 15) is 43.2 Å². The number of anilines is 3. The number of nitrogens with two attached hydrogens (primary N) is 2. The summed E-state index contributed by atoms with van der Waals surface area (Å²) in [6.45, 7) is 8.46. The van der Waals surface area contributed by atoms with Crippen LogP contribution in [0, 0.1) is 5.92 Å². The molecule has 0 spiro atoms. The first-order chi connectivity index (χ1) is 38.4. The Morgan fingerprint density at radius 2 is 1.59 bits per heavy atom. The molecule has 0 saturated carbocycles. The number of aliphatic imine (C=N–C) groups is 1. The van der Waals surface area contributed by atoms with Crippen molar-refractivity contribution >= 4 is 111 Å². The van der Waals surface area contributed by atoms with Gasteiger partial charge in [-0.05, 0) is 98.9 Å². The fourth-order valence-electron chi connectivity index (χ4n) is 9.15. The zero-order valence-electron chi connectivity index (χ0n) is 45.4. The molecule has 3 aromatic rings. The number of nitrogens with zero attached hydrogens (tertiary/aromatic N) is 5. The summed E-state index contributed by atoms with van der Waals surface area (Å²) >= 11 is 2.26. The number of carbonyl (C=O) groups is 9. The predicted octanol–water partition coefficient (Wildman–Crippen LogP) is 5.18. The van der Waals surface area contributed by atoms with Crippen LogP contribution in [0.4, 0.5) is 32.5 Å². The van der Waals surface area contributed by atoms with Gasteiger partial charge in [0, 0.05) is 97.1 Å². The molecule has 10 amide bonds. The Hall–Kier alpha value is -7.90. The topological polar surface area (TPSA) is 322 Å². The van der Waals surface area contributed by atoms with Crippen LogP contribution in [0.25, 0.3) is 6.08 Å². The highest BCUT2D eigenvalue weighted by Gasteiger charge is 2.30. The van der Waals surface area contributed by atoms with Crippen LogP contribution in [0.1, 0.15) is 106 Å². The predicted molar refractivity (Wildman–Crippen MR) is 312 cm³/mol. The van der Waals surface area contributed by atoms with Crippen molar-refractivity contribution < 1.29 is 47.9 Å². The first kappa shape index (κ1) is 61.3. The van der Waals surface area contributed by atoms with E-state index in [1.807, 2.05) is 17.9 Å². The summed E-state index contributed by atoms with van der Waals surface area (Å²) in [7, 11) is 0. The molecule has 1 saturated heterocycles. The van der Waals surface area contributed by atoms with Gasteiger partial charge in [0.2, 0.25) is 23.6 Å². The van der Waals surface area contributed by atoms with Crippen molar-refractivity contribution in [2.45, 2.75) is 110 Å². The lowest BCUT2D eigenvalue weighted by Crippen LogP contribution is -2.54. The van der Waals surface area contributed by atoms with Gasteiger partial charge in [0.05, 0.1) is 17.6 Å². The lowest BCUT2D eigenvalue weighted by Gasteiger charge is -2.33. The number of rotatable bonds is 27. The average Bonchev–Trinajstić information content (AvgIpc) is 3.67. The minimum absolute atomic E-state index is 0.0373. The number of nitrogens with one attached hydrogen (secondary N) is 6. The van der Waals surface area contributed by atoms with Crippen molar-refractivity contribution in [1.82, 2.24) is 36.1 Å². The van der Waals surface area contributed by atoms with Crippen LogP contribution in [0.3, 0.4) is 0 Å².